The Balaban J connectivity index is 3.58. The van der Waals surface area contributed by atoms with Crippen LogP contribution in [0, 0.1) is 0 Å². The summed E-state index contributed by atoms with van der Waals surface area (Å²) in [5.74, 6) is 0. The molecule has 0 unspecified atom stereocenters. The number of rotatable bonds is 2. The minimum absolute atomic E-state index is 0.0139. The van der Waals surface area contributed by atoms with E-state index in [0.29, 0.717) is 6.41 Å². The molecule has 0 aliphatic carbocycles. The van der Waals surface area contributed by atoms with Gasteiger partial charge >= 0.3 is 6.41 Å². The molecule has 0 saturated carbocycles. The molecule has 0 radical (unpaired) electrons. The Morgan fingerprint density at radius 1 is 1.71 bits per heavy atom. The van der Waals surface area contributed by atoms with Crippen molar-refractivity contribution in [3.8, 4) is 0 Å². The lowest BCUT2D eigenvalue weighted by Crippen LogP contribution is -2.38. The van der Waals surface area contributed by atoms with E-state index in [-0.39, 0.29) is 11.2 Å². The minimum Gasteiger partial charge on any atom is -0.347 e. The Morgan fingerprint density at radius 2 is 2.14 bits per heavy atom. The highest BCUT2D eigenvalue weighted by molar-refractivity contribution is 5.36. The third-order valence-corrected chi connectivity index (χ3v) is 0.650. The van der Waals surface area contributed by atoms with E-state index in [1.165, 1.54) is 0 Å². The molecule has 0 bridgehead atoms. The fourth-order valence-electron chi connectivity index (χ4n) is 0.0333. The first-order chi connectivity index (χ1) is 3.12. The Kier molecular flexibility index (Phi) is 1.92. The van der Waals surface area contributed by atoms with Gasteiger partial charge in [0.25, 0.3) is 0 Å². The van der Waals surface area contributed by atoms with Crippen molar-refractivity contribution in [1.29, 1.82) is 0 Å². The number of amides is 1. The molecule has 0 spiro atoms. The topological polar surface area (TPSA) is 37.3 Å². The van der Waals surface area contributed by atoms with Crippen molar-refractivity contribution in [3.63, 3.8) is 0 Å². The maximum absolute atomic E-state index is 9.87. The molecule has 1 amide bonds. The van der Waals surface area contributed by atoms with Gasteiger partial charge in [-0.15, -0.1) is 0 Å². The third-order valence-electron chi connectivity index (χ3n) is 0.650. The summed E-state index contributed by atoms with van der Waals surface area (Å²) in [6.45, 7) is -0.135. The van der Waals surface area contributed by atoms with E-state index in [4.69, 9.17) is 5.11 Å². The van der Waals surface area contributed by atoms with E-state index in [0.717, 1.165) is 0 Å². The zero-order valence-corrected chi connectivity index (χ0v) is 4.59. The molecule has 0 aliphatic rings. The van der Waals surface area contributed by atoms with Gasteiger partial charge in [-0.1, -0.05) is 0 Å². The van der Waals surface area contributed by atoms with E-state index in [9.17, 15) is 4.79 Å². The maximum Gasteiger partial charge on any atom is 0.302 e. The van der Waals surface area contributed by atoms with Crippen LogP contribution in [0.5, 0.6) is 0 Å². The lowest BCUT2D eigenvalue weighted by molar-refractivity contribution is -0.825. The number of hydrogen-bond acceptors (Lipinski definition) is 2. The fraction of sp³-hybridized carbons (Fsp3) is 0.750. The summed E-state index contributed by atoms with van der Waals surface area (Å²) in [6, 6.07) is 0. The summed E-state index contributed by atoms with van der Waals surface area (Å²) in [4.78, 5) is 9.87. The smallest absolute Gasteiger partial charge is 0.302 e. The first kappa shape index (κ1) is 6.59. The Hall–Kier alpha value is -0.410. The number of aliphatic hydroxyl groups is 1. The van der Waals surface area contributed by atoms with Crippen LogP contribution in [0.2, 0.25) is 0 Å². The Morgan fingerprint density at radius 3 is 2.14 bits per heavy atom. The molecule has 0 aromatic carbocycles. The molecule has 0 rings (SSSR count). The molecule has 3 nitrogen and oxygen atoms in total. The monoisotopic (exact) mass is 104 g/mol. The fourth-order valence-corrected chi connectivity index (χ4v) is 0.0333. The van der Waals surface area contributed by atoms with Gasteiger partial charge in [0.2, 0.25) is 0 Å². The summed E-state index contributed by atoms with van der Waals surface area (Å²) in [5.41, 5.74) is 0. The van der Waals surface area contributed by atoms with Gasteiger partial charge in [-0.3, -0.25) is 0 Å². The SMILES string of the molecule is C[N+](C)(C=O)CO. The summed E-state index contributed by atoms with van der Waals surface area (Å²) in [6.07, 6.45) is 0.681. The second kappa shape index (κ2) is 2.04. The summed E-state index contributed by atoms with van der Waals surface area (Å²) >= 11 is 0. The number of nitrogens with zero attached hydrogens (tertiary/aromatic N) is 1. The van der Waals surface area contributed by atoms with Gasteiger partial charge in [-0.25, -0.2) is 9.28 Å². The largest absolute Gasteiger partial charge is 0.347 e. The molecule has 7 heavy (non-hydrogen) atoms. The van der Waals surface area contributed by atoms with Crippen LogP contribution in [0.4, 0.5) is 0 Å². The Bertz CT molecular complexity index is 70.1. The highest BCUT2D eigenvalue weighted by atomic mass is 16.3. The predicted octanol–water partition coefficient (Wildman–Crippen LogP) is -0.831. The van der Waals surface area contributed by atoms with Crippen LogP contribution >= 0.6 is 0 Å². The number of aliphatic hydroxyl groups excluding tert-OH is 1. The third kappa shape index (κ3) is 2.31. The highest BCUT2D eigenvalue weighted by Gasteiger charge is 2.08. The van der Waals surface area contributed by atoms with E-state index in [1.54, 1.807) is 14.1 Å². The standard InChI is InChI=1S/C4H10NO2/c1-5(2,3-6)4-7/h3,7H,4H2,1-2H3/q+1. The summed E-state index contributed by atoms with van der Waals surface area (Å²) < 4.78 is 0.0139. The van der Waals surface area contributed by atoms with Gasteiger partial charge in [0.1, 0.15) is 0 Å². The van der Waals surface area contributed by atoms with Crippen LogP contribution in [0.3, 0.4) is 0 Å². The first-order valence-corrected chi connectivity index (χ1v) is 2.02. The van der Waals surface area contributed by atoms with Crippen LogP contribution in [0.1, 0.15) is 0 Å². The van der Waals surface area contributed by atoms with Gasteiger partial charge in [0.15, 0.2) is 6.73 Å². The molecule has 42 valence electrons. The zero-order chi connectivity index (χ0) is 5.91. The number of carbonyl (C=O) groups is 1. The van der Waals surface area contributed by atoms with Crippen molar-refractivity contribution in [3.05, 3.63) is 0 Å². The van der Waals surface area contributed by atoms with E-state index in [2.05, 4.69) is 0 Å². The van der Waals surface area contributed by atoms with Crippen LogP contribution in [-0.2, 0) is 4.79 Å². The average Bonchev–Trinajstić information content (AvgIpc) is 1.68. The average molecular weight is 104 g/mol. The van der Waals surface area contributed by atoms with Gasteiger partial charge in [0.05, 0.1) is 14.1 Å². The molecular formula is C4H10NO2+. The van der Waals surface area contributed by atoms with Crippen molar-refractivity contribution < 1.29 is 14.4 Å². The lowest BCUT2D eigenvalue weighted by Gasteiger charge is -2.15. The van der Waals surface area contributed by atoms with Gasteiger partial charge in [-0.05, 0) is 0 Å². The van der Waals surface area contributed by atoms with E-state index < -0.39 is 0 Å². The minimum atomic E-state index is -0.135. The Labute approximate surface area is 42.8 Å². The van der Waals surface area contributed by atoms with Gasteiger partial charge < -0.3 is 5.11 Å². The maximum atomic E-state index is 9.87. The van der Waals surface area contributed by atoms with Crippen molar-refractivity contribution in [1.82, 2.24) is 0 Å². The van der Waals surface area contributed by atoms with Crippen molar-refractivity contribution in [2.75, 3.05) is 20.8 Å². The van der Waals surface area contributed by atoms with Crippen molar-refractivity contribution >= 4 is 6.41 Å². The molecular weight excluding hydrogens is 94.0 g/mol. The molecule has 0 heterocycles. The molecule has 0 atom stereocenters. The molecule has 0 aromatic heterocycles. The molecule has 1 N–H and O–H groups in total. The van der Waals surface area contributed by atoms with E-state index in [1.807, 2.05) is 0 Å². The summed E-state index contributed by atoms with van der Waals surface area (Å²) in [5, 5.41) is 8.34. The van der Waals surface area contributed by atoms with Crippen LogP contribution < -0.4 is 0 Å². The quantitative estimate of drug-likeness (QED) is 0.282. The predicted molar refractivity (Wildman–Crippen MR) is 25.3 cm³/mol. The molecule has 0 aliphatic heterocycles. The zero-order valence-electron chi connectivity index (χ0n) is 4.59. The second-order valence-corrected chi connectivity index (χ2v) is 2.03. The number of carbonyl (C=O) groups excluding carboxylic acids is 1. The van der Waals surface area contributed by atoms with Crippen LogP contribution in [0.15, 0.2) is 0 Å². The normalized spacial score (nSPS) is 11.3. The van der Waals surface area contributed by atoms with Gasteiger partial charge in [-0.2, -0.15) is 0 Å². The first-order valence-electron chi connectivity index (χ1n) is 2.02. The number of quaternary nitrogens is 1. The molecule has 0 saturated heterocycles. The van der Waals surface area contributed by atoms with Crippen molar-refractivity contribution in [2.24, 2.45) is 0 Å². The highest BCUT2D eigenvalue weighted by Crippen LogP contribution is 1.83. The summed E-state index contributed by atoms with van der Waals surface area (Å²) in [7, 11) is 3.24. The van der Waals surface area contributed by atoms with Crippen LogP contribution in [0.25, 0.3) is 0 Å². The molecule has 3 heteroatoms. The second-order valence-electron chi connectivity index (χ2n) is 2.03. The van der Waals surface area contributed by atoms with Crippen LogP contribution in [-0.4, -0.2) is 36.8 Å². The van der Waals surface area contributed by atoms with E-state index >= 15 is 0 Å². The number of hydrogen-bond donors (Lipinski definition) is 1. The lowest BCUT2D eigenvalue weighted by atomic mass is 10.7. The molecule has 0 aromatic rings. The molecule has 0 fully saturated rings. The van der Waals surface area contributed by atoms with Crippen molar-refractivity contribution in [2.45, 2.75) is 0 Å². The van der Waals surface area contributed by atoms with Gasteiger partial charge in [0, 0.05) is 0 Å².